The fourth-order valence-corrected chi connectivity index (χ4v) is 3.10. The van der Waals surface area contributed by atoms with Gasteiger partial charge in [0, 0.05) is 33.3 Å². The van der Waals surface area contributed by atoms with Crippen LogP contribution in [-0.4, -0.2) is 66.1 Å². The fraction of sp³-hybridized carbons (Fsp3) is 0.529. The molecule has 0 spiro atoms. The van der Waals surface area contributed by atoms with Crippen LogP contribution in [-0.2, 0) is 11.3 Å². The smallest absolute Gasteiger partial charge is 0.406 e. The lowest BCUT2D eigenvalue weighted by Gasteiger charge is -2.34. The molecule has 0 bridgehead atoms. The molecule has 2 aromatic rings. The number of carbonyl (C=O) groups is 1. The normalized spacial score (nSPS) is 20.5. The summed E-state index contributed by atoms with van der Waals surface area (Å²) in [6.07, 6.45) is -5.76. The molecule has 2 N–H and O–H groups in total. The van der Waals surface area contributed by atoms with Gasteiger partial charge in [0.15, 0.2) is 0 Å². The van der Waals surface area contributed by atoms with Gasteiger partial charge in [-0.3, -0.25) is 4.79 Å². The quantitative estimate of drug-likeness (QED) is 0.790. The van der Waals surface area contributed by atoms with Crippen molar-refractivity contribution in [3.05, 3.63) is 18.2 Å². The van der Waals surface area contributed by atoms with Gasteiger partial charge in [0.1, 0.15) is 18.5 Å². The monoisotopic (exact) mass is 403 g/mol. The highest BCUT2D eigenvalue weighted by Crippen LogP contribution is 2.30. The molecule has 2 heterocycles. The average molecular weight is 403 g/mol. The van der Waals surface area contributed by atoms with Crippen molar-refractivity contribution < 1.29 is 27.1 Å². The second-order valence-corrected chi connectivity index (χ2v) is 6.90. The predicted octanol–water partition coefficient (Wildman–Crippen LogP) is 1.90. The molecule has 154 valence electrons. The Hall–Kier alpha value is -2.56. The second kappa shape index (κ2) is 7.46. The van der Waals surface area contributed by atoms with Gasteiger partial charge in [-0.2, -0.15) is 0 Å². The average Bonchev–Trinajstić information content (AvgIpc) is 2.93. The zero-order valence-electron chi connectivity index (χ0n) is 15.4. The summed E-state index contributed by atoms with van der Waals surface area (Å²) in [4.78, 5) is 19.8. The SMILES string of the molecule is CN(C)C(=O)Cn1c(N2CC[C@@H](F)[C@H](N)C2)nc2cc(OC(F)(F)F)ccc21. The summed E-state index contributed by atoms with van der Waals surface area (Å²) in [5.41, 5.74) is 6.52. The maximum absolute atomic E-state index is 13.7. The number of fused-ring (bicyclic) bond motifs is 1. The third-order valence-corrected chi connectivity index (χ3v) is 4.58. The van der Waals surface area contributed by atoms with E-state index in [-0.39, 0.29) is 30.9 Å². The lowest BCUT2D eigenvalue weighted by molar-refractivity contribution is -0.274. The van der Waals surface area contributed by atoms with Crippen molar-refractivity contribution in [2.45, 2.75) is 31.5 Å². The van der Waals surface area contributed by atoms with Crippen molar-refractivity contribution in [1.29, 1.82) is 0 Å². The summed E-state index contributed by atoms with van der Waals surface area (Å²) < 4.78 is 56.8. The summed E-state index contributed by atoms with van der Waals surface area (Å²) in [5.74, 6) is -0.271. The molecule has 1 amide bonds. The highest BCUT2D eigenvalue weighted by molar-refractivity contribution is 5.84. The number of halogens is 4. The number of nitrogens with two attached hydrogens (primary N) is 1. The molecular formula is C17H21F4N5O2. The standard InChI is InChI=1S/C17H21F4N5O2/c1-24(2)15(27)9-26-14-4-3-10(28-17(19,20)21)7-13(14)23-16(26)25-6-5-11(18)12(22)8-25/h3-4,7,11-12H,5-6,8-9,22H2,1-2H3/t11-,12-/m1/s1. The van der Waals surface area contributed by atoms with E-state index in [9.17, 15) is 22.4 Å². The molecule has 1 fully saturated rings. The minimum absolute atomic E-state index is 0.0664. The molecule has 1 aliphatic heterocycles. The van der Waals surface area contributed by atoms with Gasteiger partial charge in [0.05, 0.1) is 17.1 Å². The third-order valence-electron chi connectivity index (χ3n) is 4.58. The van der Waals surface area contributed by atoms with Crippen molar-refractivity contribution in [2.75, 3.05) is 32.1 Å². The van der Waals surface area contributed by atoms with Crippen molar-refractivity contribution in [2.24, 2.45) is 5.73 Å². The first-order chi connectivity index (χ1) is 13.0. The van der Waals surface area contributed by atoms with E-state index in [1.54, 1.807) is 23.6 Å². The van der Waals surface area contributed by atoms with Crippen molar-refractivity contribution in [3.8, 4) is 5.75 Å². The number of carbonyl (C=O) groups excluding carboxylic acids is 1. The van der Waals surface area contributed by atoms with Gasteiger partial charge in [-0.05, 0) is 18.6 Å². The molecule has 7 nitrogen and oxygen atoms in total. The number of benzene rings is 1. The van der Waals surface area contributed by atoms with E-state index in [0.717, 1.165) is 12.1 Å². The zero-order chi connectivity index (χ0) is 20.6. The number of amides is 1. The molecular weight excluding hydrogens is 382 g/mol. The molecule has 1 aromatic carbocycles. The number of aromatic nitrogens is 2. The van der Waals surface area contributed by atoms with E-state index >= 15 is 0 Å². The predicted molar refractivity (Wildman–Crippen MR) is 94.8 cm³/mol. The Morgan fingerprint density at radius 2 is 2.11 bits per heavy atom. The molecule has 1 aliphatic rings. The molecule has 1 saturated heterocycles. The number of rotatable bonds is 4. The van der Waals surface area contributed by atoms with Crippen LogP contribution in [0, 0.1) is 0 Å². The number of hydrogen-bond donors (Lipinski definition) is 1. The van der Waals surface area contributed by atoms with Gasteiger partial charge in [-0.25, -0.2) is 9.37 Å². The van der Waals surface area contributed by atoms with Gasteiger partial charge < -0.3 is 24.8 Å². The number of ether oxygens (including phenoxy) is 1. The summed E-state index contributed by atoms with van der Waals surface area (Å²) in [5, 5.41) is 0. The largest absolute Gasteiger partial charge is 0.573 e. The topological polar surface area (TPSA) is 76.6 Å². The van der Waals surface area contributed by atoms with Gasteiger partial charge in [-0.15, -0.1) is 13.2 Å². The molecule has 2 atom stereocenters. The zero-order valence-corrected chi connectivity index (χ0v) is 15.4. The Balaban J connectivity index is 2.02. The van der Waals surface area contributed by atoms with Crippen LogP contribution in [0.15, 0.2) is 18.2 Å². The minimum atomic E-state index is -4.82. The highest BCUT2D eigenvalue weighted by atomic mass is 19.4. The Labute approximate surface area is 158 Å². The number of alkyl halides is 4. The van der Waals surface area contributed by atoms with Crippen LogP contribution in [0.1, 0.15) is 6.42 Å². The van der Waals surface area contributed by atoms with E-state index in [0.29, 0.717) is 18.0 Å². The second-order valence-electron chi connectivity index (χ2n) is 6.90. The highest BCUT2D eigenvalue weighted by Gasteiger charge is 2.32. The van der Waals surface area contributed by atoms with E-state index < -0.39 is 24.3 Å². The molecule has 1 aromatic heterocycles. The van der Waals surface area contributed by atoms with Crippen LogP contribution in [0.2, 0.25) is 0 Å². The summed E-state index contributed by atoms with van der Waals surface area (Å²) in [6, 6.07) is 3.02. The molecule has 28 heavy (non-hydrogen) atoms. The maximum atomic E-state index is 13.7. The summed E-state index contributed by atoms with van der Waals surface area (Å²) in [6.45, 7) is 0.454. The Morgan fingerprint density at radius 3 is 2.71 bits per heavy atom. The van der Waals surface area contributed by atoms with Gasteiger partial charge in [0.2, 0.25) is 11.9 Å². The molecule has 3 rings (SSSR count). The molecule has 11 heteroatoms. The number of anilines is 1. The molecule has 0 aliphatic carbocycles. The summed E-state index contributed by atoms with van der Waals surface area (Å²) in [7, 11) is 3.20. The molecule has 0 unspecified atom stereocenters. The third kappa shape index (κ3) is 4.29. The van der Waals surface area contributed by atoms with Gasteiger partial charge >= 0.3 is 6.36 Å². The Kier molecular flexibility index (Phi) is 5.37. The lowest BCUT2D eigenvalue weighted by atomic mass is 10.1. The number of piperidine rings is 1. The van der Waals surface area contributed by atoms with Crippen molar-refractivity contribution in [3.63, 3.8) is 0 Å². The number of nitrogens with zero attached hydrogens (tertiary/aromatic N) is 4. The van der Waals surface area contributed by atoms with Crippen LogP contribution < -0.4 is 15.4 Å². The van der Waals surface area contributed by atoms with Crippen molar-refractivity contribution in [1.82, 2.24) is 14.5 Å². The number of imidazole rings is 1. The van der Waals surface area contributed by atoms with Crippen LogP contribution in [0.25, 0.3) is 11.0 Å². The summed E-state index contributed by atoms with van der Waals surface area (Å²) >= 11 is 0. The Bertz CT molecular complexity index is 867. The molecule has 0 radical (unpaired) electrons. The lowest BCUT2D eigenvalue weighted by Crippen LogP contribution is -2.50. The van der Waals surface area contributed by atoms with E-state index in [1.807, 2.05) is 0 Å². The van der Waals surface area contributed by atoms with Crippen LogP contribution >= 0.6 is 0 Å². The first-order valence-corrected chi connectivity index (χ1v) is 8.66. The van der Waals surface area contributed by atoms with E-state index in [1.165, 1.54) is 11.0 Å². The number of likely N-dealkylation sites (N-methyl/N-ethyl adjacent to an activating group) is 1. The van der Waals surface area contributed by atoms with E-state index in [4.69, 9.17) is 5.73 Å². The van der Waals surface area contributed by atoms with Crippen LogP contribution in [0.3, 0.4) is 0 Å². The Morgan fingerprint density at radius 1 is 1.39 bits per heavy atom. The molecule has 0 saturated carbocycles. The van der Waals surface area contributed by atoms with Crippen molar-refractivity contribution >= 4 is 22.9 Å². The van der Waals surface area contributed by atoms with Gasteiger partial charge in [-0.1, -0.05) is 0 Å². The maximum Gasteiger partial charge on any atom is 0.573 e. The fourth-order valence-electron chi connectivity index (χ4n) is 3.10. The first kappa shape index (κ1) is 20.2. The van der Waals surface area contributed by atoms with Crippen LogP contribution in [0.4, 0.5) is 23.5 Å². The number of hydrogen-bond acceptors (Lipinski definition) is 5. The first-order valence-electron chi connectivity index (χ1n) is 8.66. The van der Waals surface area contributed by atoms with Crippen LogP contribution in [0.5, 0.6) is 5.75 Å². The van der Waals surface area contributed by atoms with Gasteiger partial charge in [0.25, 0.3) is 0 Å². The minimum Gasteiger partial charge on any atom is -0.406 e. The van der Waals surface area contributed by atoms with E-state index in [2.05, 4.69) is 9.72 Å².